The quantitative estimate of drug-likeness (QED) is 0.875. The Bertz CT molecular complexity index is 702. The molecule has 1 aliphatic rings. The summed E-state index contributed by atoms with van der Waals surface area (Å²) in [5, 5.41) is 20.1. The summed E-state index contributed by atoms with van der Waals surface area (Å²) in [4.78, 5) is 16.9. The SMILES string of the molecule is CCc1nc(C2CCCC2)c(-c2ccc(C(=O)O)c(O)c2)s1. The standard InChI is InChI=1S/C17H19NO3S/c1-2-14-18-15(10-5-3-4-6-10)16(22-14)11-7-8-12(17(20)21)13(19)9-11/h7-10,19H,2-6H2,1H3,(H,20,21). The maximum Gasteiger partial charge on any atom is 0.339 e. The van der Waals surface area contributed by atoms with E-state index < -0.39 is 5.97 Å². The van der Waals surface area contributed by atoms with Gasteiger partial charge in [-0.1, -0.05) is 25.8 Å². The average Bonchev–Trinajstić information content (AvgIpc) is 3.15. The number of rotatable bonds is 4. The van der Waals surface area contributed by atoms with Crippen molar-refractivity contribution in [3.63, 3.8) is 0 Å². The van der Waals surface area contributed by atoms with Gasteiger partial charge in [-0.2, -0.15) is 0 Å². The van der Waals surface area contributed by atoms with Crippen LogP contribution in [0.1, 0.15) is 59.6 Å². The van der Waals surface area contributed by atoms with Crippen LogP contribution in [0.5, 0.6) is 5.75 Å². The predicted molar refractivity (Wildman–Crippen MR) is 86.8 cm³/mol. The second kappa shape index (κ2) is 6.08. The van der Waals surface area contributed by atoms with Crippen molar-refractivity contribution in [2.45, 2.75) is 44.9 Å². The number of carbonyl (C=O) groups is 1. The minimum Gasteiger partial charge on any atom is -0.507 e. The van der Waals surface area contributed by atoms with Crippen LogP contribution in [0.15, 0.2) is 18.2 Å². The lowest BCUT2D eigenvalue weighted by atomic mass is 9.99. The van der Waals surface area contributed by atoms with Crippen LogP contribution in [0.2, 0.25) is 0 Å². The molecule has 1 heterocycles. The van der Waals surface area contributed by atoms with Crippen LogP contribution in [-0.2, 0) is 6.42 Å². The van der Waals surface area contributed by atoms with Crippen LogP contribution in [0.25, 0.3) is 10.4 Å². The van der Waals surface area contributed by atoms with Crippen molar-refractivity contribution in [1.29, 1.82) is 0 Å². The van der Waals surface area contributed by atoms with E-state index in [1.165, 1.54) is 31.7 Å². The molecule has 22 heavy (non-hydrogen) atoms. The molecule has 0 saturated heterocycles. The van der Waals surface area contributed by atoms with Gasteiger partial charge < -0.3 is 10.2 Å². The zero-order chi connectivity index (χ0) is 15.7. The summed E-state index contributed by atoms with van der Waals surface area (Å²) in [6.45, 7) is 2.09. The van der Waals surface area contributed by atoms with Crippen molar-refractivity contribution in [3.05, 3.63) is 34.5 Å². The highest BCUT2D eigenvalue weighted by Gasteiger charge is 2.25. The molecular weight excluding hydrogens is 298 g/mol. The topological polar surface area (TPSA) is 70.4 Å². The second-order valence-electron chi connectivity index (χ2n) is 5.69. The van der Waals surface area contributed by atoms with Gasteiger partial charge >= 0.3 is 5.97 Å². The second-order valence-corrected chi connectivity index (χ2v) is 6.78. The zero-order valence-corrected chi connectivity index (χ0v) is 13.3. The molecule has 0 aliphatic heterocycles. The number of benzene rings is 1. The lowest BCUT2D eigenvalue weighted by molar-refractivity contribution is 0.0694. The molecule has 0 bridgehead atoms. The molecule has 5 heteroatoms. The van der Waals surface area contributed by atoms with E-state index in [0.29, 0.717) is 5.92 Å². The highest BCUT2D eigenvalue weighted by molar-refractivity contribution is 7.15. The molecule has 2 N–H and O–H groups in total. The largest absolute Gasteiger partial charge is 0.507 e. The van der Waals surface area contributed by atoms with Crippen LogP contribution in [0.4, 0.5) is 0 Å². The Morgan fingerprint density at radius 3 is 2.68 bits per heavy atom. The molecule has 1 fully saturated rings. The number of hydrogen-bond donors (Lipinski definition) is 2. The number of aromatic carboxylic acids is 1. The van der Waals surface area contributed by atoms with Crippen LogP contribution in [0, 0.1) is 0 Å². The highest BCUT2D eigenvalue weighted by Crippen LogP contribution is 2.42. The number of nitrogens with zero attached hydrogens (tertiary/aromatic N) is 1. The maximum atomic E-state index is 11.0. The van der Waals surface area contributed by atoms with E-state index in [0.717, 1.165) is 27.6 Å². The molecule has 1 aromatic heterocycles. The Morgan fingerprint density at radius 2 is 2.09 bits per heavy atom. The molecule has 1 aromatic carbocycles. The number of aromatic nitrogens is 1. The van der Waals surface area contributed by atoms with Crippen molar-refractivity contribution in [1.82, 2.24) is 4.98 Å². The predicted octanol–water partition coefficient (Wildman–Crippen LogP) is 4.43. The first kappa shape index (κ1) is 15.0. The number of aromatic hydroxyl groups is 1. The van der Waals surface area contributed by atoms with Gasteiger partial charge in [0.1, 0.15) is 11.3 Å². The number of phenols is 1. The molecule has 0 amide bonds. The van der Waals surface area contributed by atoms with E-state index in [1.807, 2.05) is 0 Å². The molecule has 3 rings (SSSR count). The summed E-state index contributed by atoms with van der Waals surface area (Å²) in [5.41, 5.74) is 1.93. The molecule has 4 nitrogen and oxygen atoms in total. The monoisotopic (exact) mass is 317 g/mol. The van der Waals surface area contributed by atoms with Gasteiger partial charge in [-0.3, -0.25) is 0 Å². The summed E-state index contributed by atoms with van der Waals surface area (Å²) in [6.07, 6.45) is 5.71. The number of thiazole rings is 1. The maximum absolute atomic E-state index is 11.0. The molecule has 0 atom stereocenters. The van der Waals surface area contributed by atoms with Crippen molar-refractivity contribution >= 4 is 17.3 Å². The van der Waals surface area contributed by atoms with Gasteiger partial charge in [0, 0.05) is 5.92 Å². The Kier molecular flexibility index (Phi) is 4.16. The summed E-state index contributed by atoms with van der Waals surface area (Å²) in [7, 11) is 0. The molecular formula is C17H19NO3S. The van der Waals surface area contributed by atoms with Crippen LogP contribution in [-0.4, -0.2) is 21.2 Å². The van der Waals surface area contributed by atoms with Gasteiger partial charge in [-0.15, -0.1) is 11.3 Å². The average molecular weight is 317 g/mol. The van der Waals surface area contributed by atoms with E-state index >= 15 is 0 Å². The Morgan fingerprint density at radius 1 is 1.36 bits per heavy atom. The van der Waals surface area contributed by atoms with Gasteiger partial charge in [0.2, 0.25) is 0 Å². The molecule has 0 radical (unpaired) electrons. The molecule has 1 saturated carbocycles. The number of carboxylic acids is 1. The normalized spacial score (nSPS) is 15.3. The fourth-order valence-corrected chi connectivity index (χ4v) is 4.15. The lowest BCUT2D eigenvalue weighted by Crippen LogP contribution is -1.98. The molecule has 0 spiro atoms. The van der Waals surface area contributed by atoms with Crippen LogP contribution in [0.3, 0.4) is 0 Å². The minimum absolute atomic E-state index is 0.0635. The molecule has 0 unspecified atom stereocenters. The van der Waals surface area contributed by atoms with Crippen molar-refractivity contribution in [2.24, 2.45) is 0 Å². The summed E-state index contributed by atoms with van der Waals surface area (Å²) >= 11 is 1.65. The Labute approximate surface area is 133 Å². The van der Waals surface area contributed by atoms with E-state index in [9.17, 15) is 9.90 Å². The van der Waals surface area contributed by atoms with E-state index in [4.69, 9.17) is 10.1 Å². The lowest BCUT2D eigenvalue weighted by Gasteiger charge is -2.10. The highest BCUT2D eigenvalue weighted by atomic mass is 32.1. The van der Waals surface area contributed by atoms with Gasteiger partial charge in [-0.05, 0) is 37.0 Å². The molecule has 1 aliphatic carbocycles. The third kappa shape index (κ3) is 2.73. The number of carboxylic acid groups (broad SMARTS) is 1. The van der Waals surface area contributed by atoms with Crippen LogP contribution < -0.4 is 0 Å². The zero-order valence-electron chi connectivity index (χ0n) is 12.5. The van der Waals surface area contributed by atoms with Gasteiger partial charge in [0.25, 0.3) is 0 Å². The van der Waals surface area contributed by atoms with E-state index in [1.54, 1.807) is 23.5 Å². The Balaban J connectivity index is 2.05. The smallest absolute Gasteiger partial charge is 0.339 e. The number of aryl methyl sites for hydroxylation is 1. The van der Waals surface area contributed by atoms with Crippen LogP contribution >= 0.6 is 11.3 Å². The minimum atomic E-state index is -1.11. The van der Waals surface area contributed by atoms with Crippen molar-refractivity contribution in [2.75, 3.05) is 0 Å². The van der Waals surface area contributed by atoms with Crippen molar-refractivity contribution in [3.8, 4) is 16.2 Å². The fourth-order valence-electron chi connectivity index (χ4n) is 3.07. The third-order valence-electron chi connectivity index (χ3n) is 4.23. The number of hydrogen-bond acceptors (Lipinski definition) is 4. The van der Waals surface area contributed by atoms with Crippen molar-refractivity contribution < 1.29 is 15.0 Å². The first-order chi connectivity index (χ1) is 10.6. The molecule has 116 valence electrons. The van der Waals surface area contributed by atoms with E-state index in [2.05, 4.69) is 6.92 Å². The van der Waals surface area contributed by atoms with Gasteiger partial charge in [-0.25, -0.2) is 9.78 Å². The third-order valence-corrected chi connectivity index (χ3v) is 5.50. The van der Waals surface area contributed by atoms with Gasteiger partial charge in [0.05, 0.1) is 15.6 Å². The van der Waals surface area contributed by atoms with Gasteiger partial charge in [0.15, 0.2) is 0 Å². The molecule has 2 aromatic rings. The first-order valence-corrected chi connectivity index (χ1v) is 8.48. The Hall–Kier alpha value is -1.88. The fraction of sp³-hybridized carbons (Fsp3) is 0.412. The summed E-state index contributed by atoms with van der Waals surface area (Å²) in [6, 6.07) is 4.79. The summed E-state index contributed by atoms with van der Waals surface area (Å²) < 4.78 is 0. The summed E-state index contributed by atoms with van der Waals surface area (Å²) in [5.74, 6) is -0.805. The first-order valence-electron chi connectivity index (χ1n) is 7.66. The van der Waals surface area contributed by atoms with E-state index in [-0.39, 0.29) is 11.3 Å².